The van der Waals surface area contributed by atoms with Crippen LogP contribution < -0.4 is 5.32 Å². The van der Waals surface area contributed by atoms with Crippen molar-refractivity contribution < 1.29 is 19.1 Å². The Bertz CT molecular complexity index is 607. The summed E-state index contributed by atoms with van der Waals surface area (Å²) in [5.41, 5.74) is 0. The molecule has 1 N–H and O–H groups in total. The number of piperidine rings is 1. The zero-order valence-corrected chi connectivity index (χ0v) is 30.9. The number of ether oxygens (including phenoxy) is 2. The molecule has 1 heterocycles. The van der Waals surface area contributed by atoms with Crippen LogP contribution in [0.4, 0.5) is 0 Å². The Kier molecular flexibility index (Phi) is 35.2. The highest BCUT2D eigenvalue weighted by Crippen LogP contribution is 2.21. The molecule has 1 fully saturated rings. The lowest BCUT2D eigenvalue weighted by Gasteiger charge is -2.23. The fourth-order valence-corrected chi connectivity index (χ4v) is 6.53. The van der Waals surface area contributed by atoms with Gasteiger partial charge in [-0.05, 0) is 89.1 Å². The first-order valence-electron chi connectivity index (χ1n) is 19.9. The molecule has 1 aliphatic rings. The quantitative estimate of drug-likeness (QED) is 0.0465. The topological polar surface area (TPSA) is 64.6 Å². The molecule has 2 atom stereocenters. The Labute approximate surface area is 281 Å². The second-order valence-corrected chi connectivity index (χ2v) is 13.9. The molecule has 0 aromatic carbocycles. The van der Waals surface area contributed by atoms with Gasteiger partial charge in [0, 0.05) is 26.6 Å². The minimum absolute atomic E-state index is 0.0281. The van der Waals surface area contributed by atoms with Crippen molar-refractivity contribution in [3.8, 4) is 0 Å². The molecule has 0 saturated carbocycles. The van der Waals surface area contributed by atoms with Gasteiger partial charge >= 0.3 is 5.97 Å². The largest absolute Gasteiger partial charge is 0.462 e. The summed E-state index contributed by atoms with van der Waals surface area (Å²) in [5, 5.41) is 3.40. The number of hydrogen-bond donors (Lipinski definition) is 1. The monoisotopic (exact) mass is 638 g/mol. The van der Waals surface area contributed by atoms with Gasteiger partial charge in [0.25, 0.3) is 0 Å². The van der Waals surface area contributed by atoms with Crippen LogP contribution in [0.15, 0.2) is 0 Å². The first-order valence-corrected chi connectivity index (χ1v) is 19.9. The number of rotatable bonds is 31. The summed E-state index contributed by atoms with van der Waals surface area (Å²) in [6, 6.07) is 0. The highest BCUT2D eigenvalue weighted by atomic mass is 16.5. The maximum atomic E-state index is 12.5. The van der Waals surface area contributed by atoms with Gasteiger partial charge in [0.2, 0.25) is 0 Å². The average Bonchev–Trinajstić information content (AvgIpc) is 3.06. The van der Waals surface area contributed by atoms with E-state index in [1.807, 2.05) is 7.11 Å². The Balaban J connectivity index is 0.00000116. The molecule has 0 aliphatic carbocycles. The van der Waals surface area contributed by atoms with Gasteiger partial charge in [-0.15, -0.1) is 0 Å². The maximum Gasteiger partial charge on any atom is 0.306 e. The third-order valence-corrected chi connectivity index (χ3v) is 9.58. The zero-order valence-electron chi connectivity index (χ0n) is 30.9. The molecule has 268 valence electrons. The van der Waals surface area contributed by atoms with Crippen LogP contribution in [0.1, 0.15) is 201 Å². The van der Waals surface area contributed by atoms with Crippen molar-refractivity contribution in [2.24, 2.45) is 11.8 Å². The van der Waals surface area contributed by atoms with E-state index in [-0.39, 0.29) is 12.1 Å². The lowest BCUT2D eigenvalue weighted by atomic mass is 9.93. The van der Waals surface area contributed by atoms with E-state index >= 15 is 0 Å². The molecule has 1 aliphatic heterocycles. The highest BCUT2D eigenvalue weighted by Gasteiger charge is 2.18. The van der Waals surface area contributed by atoms with Crippen LogP contribution in [-0.4, -0.2) is 45.2 Å². The highest BCUT2D eigenvalue weighted by molar-refractivity contribution is 5.69. The number of carbonyl (C=O) groups is 2. The normalized spacial score (nSPS) is 14.8. The van der Waals surface area contributed by atoms with Crippen LogP contribution in [0.25, 0.3) is 0 Å². The number of aldehydes is 1. The van der Waals surface area contributed by atoms with E-state index in [0.717, 1.165) is 70.4 Å². The van der Waals surface area contributed by atoms with Gasteiger partial charge in [-0.1, -0.05) is 124 Å². The van der Waals surface area contributed by atoms with E-state index in [1.54, 1.807) is 0 Å². The van der Waals surface area contributed by atoms with Gasteiger partial charge < -0.3 is 19.6 Å². The Hall–Kier alpha value is -0.940. The minimum Gasteiger partial charge on any atom is -0.462 e. The fraction of sp³-hybridized carbons (Fsp3) is 0.950. The number of methoxy groups -OCH3 is 1. The third-order valence-electron chi connectivity index (χ3n) is 9.58. The van der Waals surface area contributed by atoms with Gasteiger partial charge in [-0.25, -0.2) is 0 Å². The van der Waals surface area contributed by atoms with Gasteiger partial charge in [-0.2, -0.15) is 0 Å². The SMILES string of the molecule is CCCCCCC(CCCC)COC.CCCCCCCCCC(CCCCCCCCC=O)OC(=O)CCC1CCNCC1. The van der Waals surface area contributed by atoms with Crippen molar-refractivity contribution >= 4 is 12.3 Å². The minimum atomic E-state index is 0.0281. The van der Waals surface area contributed by atoms with E-state index < -0.39 is 0 Å². The van der Waals surface area contributed by atoms with Crippen LogP contribution in [0.5, 0.6) is 0 Å². The number of unbranched alkanes of at least 4 members (excludes halogenated alkanes) is 16. The van der Waals surface area contributed by atoms with Gasteiger partial charge in [-0.3, -0.25) is 4.79 Å². The summed E-state index contributed by atoms with van der Waals surface area (Å²) in [5.74, 6) is 1.53. The van der Waals surface area contributed by atoms with Gasteiger partial charge in [0.1, 0.15) is 12.4 Å². The Morgan fingerprint density at radius 2 is 1.18 bits per heavy atom. The first-order chi connectivity index (χ1) is 22.1. The molecule has 0 radical (unpaired) electrons. The maximum absolute atomic E-state index is 12.5. The van der Waals surface area contributed by atoms with Crippen LogP contribution in [0.3, 0.4) is 0 Å². The molecule has 2 unspecified atom stereocenters. The summed E-state index contributed by atoms with van der Waals surface area (Å²) in [6.45, 7) is 9.94. The van der Waals surface area contributed by atoms with Crippen LogP contribution >= 0.6 is 0 Å². The summed E-state index contributed by atoms with van der Waals surface area (Å²) in [4.78, 5) is 22.8. The molecular formula is C40H79NO4. The Morgan fingerprint density at radius 1 is 0.689 bits per heavy atom. The molecule has 5 nitrogen and oxygen atoms in total. The van der Waals surface area contributed by atoms with Crippen LogP contribution in [0, 0.1) is 11.8 Å². The molecule has 45 heavy (non-hydrogen) atoms. The van der Waals surface area contributed by atoms with Crippen molar-refractivity contribution in [1.29, 1.82) is 0 Å². The number of carbonyl (C=O) groups excluding carboxylic acids is 2. The lowest BCUT2D eigenvalue weighted by Crippen LogP contribution is -2.28. The number of nitrogens with one attached hydrogen (secondary N) is 1. The third kappa shape index (κ3) is 31.4. The fourth-order valence-electron chi connectivity index (χ4n) is 6.53. The predicted octanol–water partition coefficient (Wildman–Crippen LogP) is 11.5. The molecule has 0 aromatic heterocycles. The summed E-state index contributed by atoms with van der Waals surface area (Å²) < 4.78 is 11.2. The number of hydrogen-bond acceptors (Lipinski definition) is 5. The molecule has 5 heteroatoms. The standard InChI is InChI=1S/C27H51NO3.C13H28O/c1-2-3-4-5-7-10-13-16-26(17-14-11-8-6-9-12-15-24-29)31-27(30)19-18-25-20-22-28-23-21-25;1-4-6-8-9-11-13(12-14-3)10-7-5-2/h24-26,28H,2-23H2,1H3;13H,4-12H2,1-3H3. The van der Waals surface area contributed by atoms with Crippen molar-refractivity contribution in [1.82, 2.24) is 5.32 Å². The second-order valence-electron chi connectivity index (χ2n) is 13.9. The van der Waals surface area contributed by atoms with Crippen molar-refractivity contribution in [2.45, 2.75) is 207 Å². The molecule has 1 saturated heterocycles. The van der Waals surface area contributed by atoms with E-state index in [1.165, 1.54) is 128 Å². The molecule has 1 rings (SSSR count). The van der Waals surface area contributed by atoms with Crippen LogP contribution in [0.2, 0.25) is 0 Å². The predicted molar refractivity (Wildman–Crippen MR) is 194 cm³/mol. The average molecular weight is 638 g/mol. The summed E-state index contributed by atoms with van der Waals surface area (Å²) >= 11 is 0. The zero-order chi connectivity index (χ0) is 33.1. The smallest absolute Gasteiger partial charge is 0.306 e. The first kappa shape index (κ1) is 44.1. The van der Waals surface area contributed by atoms with E-state index in [9.17, 15) is 9.59 Å². The molecule has 0 amide bonds. The van der Waals surface area contributed by atoms with E-state index in [0.29, 0.717) is 18.8 Å². The number of esters is 1. The van der Waals surface area contributed by atoms with Gasteiger partial charge in [0.05, 0.1) is 0 Å². The van der Waals surface area contributed by atoms with E-state index in [4.69, 9.17) is 9.47 Å². The molecule has 0 spiro atoms. The molecule has 0 bridgehead atoms. The summed E-state index contributed by atoms with van der Waals surface area (Å²) in [7, 11) is 1.82. The van der Waals surface area contributed by atoms with Crippen molar-refractivity contribution in [3.63, 3.8) is 0 Å². The van der Waals surface area contributed by atoms with Crippen molar-refractivity contribution in [2.75, 3.05) is 26.8 Å². The summed E-state index contributed by atoms with van der Waals surface area (Å²) in [6.07, 6.45) is 34.9. The van der Waals surface area contributed by atoms with Gasteiger partial charge in [0.15, 0.2) is 0 Å². The molecular weight excluding hydrogens is 558 g/mol. The Morgan fingerprint density at radius 3 is 1.73 bits per heavy atom. The van der Waals surface area contributed by atoms with Crippen molar-refractivity contribution in [3.05, 3.63) is 0 Å². The lowest BCUT2D eigenvalue weighted by molar-refractivity contribution is -0.150. The van der Waals surface area contributed by atoms with E-state index in [2.05, 4.69) is 26.1 Å². The second kappa shape index (κ2) is 35.9. The molecule has 0 aromatic rings. The van der Waals surface area contributed by atoms with Crippen LogP contribution in [-0.2, 0) is 19.1 Å².